The first kappa shape index (κ1) is 21.3. The van der Waals surface area contributed by atoms with Crippen molar-refractivity contribution in [2.24, 2.45) is 0 Å². The summed E-state index contributed by atoms with van der Waals surface area (Å²) in [6, 6.07) is 0. The van der Waals surface area contributed by atoms with Crippen molar-refractivity contribution >= 4 is 24.8 Å². The molecule has 0 bridgehead atoms. The molecule has 0 amide bonds. The zero-order chi connectivity index (χ0) is 13.5. The maximum absolute atomic E-state index is 2.41. The van der Waals surface area contributed by atoms with E-state index < -0.39 is 0 Å². The smallest absolute Gasteiger partial charge is 0.147 e. The number of unbranched alkanes of at least 4 members (excludes halogenated alkanes) is 2. The second kappa shape index (κ2) is 11.8. The molecule has 2 aliphatic carbocycles. The van der Waals surface area contributed by atoms with Crippen LogP contribution in [-0.2, 0) is 19.2 Å². The van der Waals surface area contributed by atoms with Gasteiger partial charge >= 0.3 is 128 Å². The quantitative estimate of drug-likeness (QED) is 0.420. The average Bonchev–Trinajstić information content (AvgIpc) is 3.04. The molecule has 0 aromatic rings. The van der Waals surface area contributed by atoms with E-state index in [1.807, 2.05) is 7.76 Å². The number of hydrogen-bond donors (Lipinski definition) is 0. The van der Waals surface area contributed by atoms with E-state index in [2.05, 4.69) is 38.2 Å². The first-order chi connectivity index (χ1) is 9.35. The summed E-state index contributed by atoms with van der Waals surface area (Å²) in [6.45, 7) is 4.59. The summed E-state index contributed by atoms with van der Waals surface area (Å²) < 4.78 is 3.64. The van der Waals surface area contributed by atoms with E-state index in [0.29, 0.717) is 0 Å². The summed E-state index contributed by atoms with van der Waals surface area (Å²) in [5, 5.41) is 0. The van der Waals surface area contributed by atoms with Gasteiger partial charge in [0.2, 0.25) is 0 Å². The molecule has 0 atom stereocenters. The molecule has 118 valence electrons. The Kier molecular flexibility index (Phi) is 11.9. The van der Waals surface area contributed by atoms with Crippen molar-refractivity contribution in [1.82, 2.24) is 0 Å². The van der Waals surface area contributed by atoms with Crippen LogP contribution in [0.2, 0.25) is 0 Å². The number of hydrogen-bond acceptors (Lipinski definition) is 0. The Bertz CT molecular complexity index is 390. The third kappa shape index (κ3) is 6.49. The molecule has 0 fully saturated rings. The molecule has 0 saturated carbocycles. The first-order valence-electron chi connectivity index (χ1n) is 7.89. The number of halogens is 2. The van der Waals surface area contributed by atoms with Crippen LogP contribution in [0.25, 0.3) is 0 Å². The molecule has 3 heteroatoms. The molecule has 0 aromatic heterocycles. The summed E-state index contributed by atoms with van der Waals surface area (Å²) in [6.07, 6.45) is 20.1. The fourth-order valence-electron chi connectivity index (χ4n) is 2.75. The number of allylic oxidation sites excluding steroid dienone is 8. The Labute approximate surface area is 152 Å². The van der Waals surface area contributed by atoms with Crippen LogP contribution in [0.4, 0.5) is 0 Å². The van der Waals surface area contributed by atoms with E-state index in [1.165, 1.54) is 51.4 Å². The molecule has 0 radical (unpaired) electrons. The van der Waals surface area contributed by atoms with E-state index >= 15 is 0 Å². The van der Waals surface area contributed by atoms with Gasteiger partial charge in [0, 0.05) is 0 Å². The summed E-state index contributed by atoms with van der Waals surface area (Å²) in [4.78, 5) is 0. The summed E-state index contributed by atoms with van der Waals surface area (Å²) >= 11 is -0.0137. The van der Waals surface area contributed by atoms with Gasteiger partial charge < -0.3 is 0 Å². The van der Waals surface area contributed by atoms with E-state index in [0.717, 1.165) is 0 Å². The fourth-order valence-corrected chi connectivity index (χ4v) is 5.16. The van der Waals surface area contributed by atoms with Crippen molar-refractivity contribution in [3.8, 4) is 0 Å². The molecular formula is C18H28Cl2Ti. The van der Waals surface area contributed by atoms with Gasteiger partial charge in [0.25, 0.3) is 0 Å². The predicted octanol–water partition coefficient (Wildman–Crippen LogP) is 6.72. The van der Waals surface area contributed by atoms with Crippen molar-refractivity contribution in [2.45, 2.75) is 65.2 Å². The van der Waals surface area contributed by atoms with Gasteiger partial charge in [-0.1, -0.05) is 0 Å². The second-order valence-electron chi connectivity index (χ2n) is 5.55. The van der Waals surface area contributed by atoms with Crippen LogP contribution in [-0.4, -0.2) is 0 Å². The van der Waals surface area contributed by atoms with Crippen LogP contribution in [0.1, 0.15) is 65.2 Å². The van der Waals surface area contributed by atoms with Gasteiger partial charge in [0.05, 0.1) is 0 Å². The van der Waals surface area contributed by atoms with Gasteiger partial charge in [-0.2, -0.15) is 0 Å². The van der Waals surface area contributed by atoms with E-state index in [9.17, 15) is 0 Å². The third-order valence-electron chi connectivity index (χ3n) is 3.96. The Hall–Kier alpha value is 0.254. The van der Waals surface area contributed by atoms with Crippen LogP contribution < -0.4 is 0 Å². The van der Waals surface area contributed by atoms with Crippen LogP contribution in [0.3, 0.4) is 0 Å². The van der Waals surface area contributed by atoms with Gasteiger partial charge in [0.15, 0.2) is 0 Å². The van der Waals surface area contributed by atoms with Gasteiger partial charge in [-0.15, -0.1) is 24.8 Å². The Morgan fingerprint density at radius 2 is 1.24 bits per heavy atom. The molecule has 0 nitrogen and oxygen atoms in total. The molecule has 21 heavy (non-hydrogen) atoms. The normalized spacial score (nSPS) is 16.3. The van der Waals surface area contributed by atoms with Crippen molar-refractivity contribution in [3.63, 3.8) is 0 Å². The first-order valence-corrected chi connectivity index (χ1v) is 9.45. The Balaban J connectivity index is 0.00000200. The molecule has 0 saturated heterocycles. The third-order valence-corrected chi connectivity index (χ3v) is 6.54. The second-order valence-corrected chi connectivity index (χ2v) is 7.83. The predicted molar refractivity (Wildman–Crippen MR) is 95.1 cm³/mol. The largest absolute Gasteiger partial charge is 0.147 e. The topological polar surface area (TPSA) is 0 Å². The van der Waals surface area contributed by atoms with Crippen molar-refractivity contribution < 1.29 is 19.2 Å². The SMILES string of the molecule is CCCCC1=[C]([Ti][C]2=C(CCCC)C=CC2)CC=C1.Cl.Cl. The molecule has 0 aliphatic heterocycles. The van der Waals surface area contributed by atoms with Crippen LogP contribution in [0, 0.1) is 0 Å². The molecule has 0 heterocycles. The Morgan fingerprint density at radius 1 is 0.810 bits per heavy atom. The minimum Gasteiger partial charge on any atom is -0.147 e. The van der Waals surface area contributed by atoms with Crippen LogP contribution in [0.15, 0.2) is 43.2 Å². The molecule has 2 aliphatic rings. The number of rotatable bonds is 8. The maximum Gasteiger partial charge on any atom is -0.147 e. The molecule has 0 N–H and O–H groups in total. The van der Waals surface area contributed by atoms with Crippen LogP contribution in [0.5, 0.6) is 0 Å². The van der Waals surface area contributed by atoms with Crippen molar-refractivity contribution in [3.05, 3.63) is 43.2 Å². The summed E-state index contributed by atoms with van der Waals surface area (Å²) in [5.74, 6) is 0. The van der Waals surface area contributed by atoms with Gasteiger partial charge in [-0.25, -0.2) is 0 Å². The van der Waals surface area contributed by atoms with Crippen molar-refractivity contribution in [1.29, 1.82) is 0 Å². The summed E-state index contributed by atoms with van der Waals surface area (Å²) in [5.41, 5.74) is 3.38. The fraction of sp³-hybridized carbons (Fsp3) is 0.556. The molecule has 0 spiro atoms. The van der Waals surface area contributed by atoms with E-state index in [1.54, 1.807) is 11.1 Å². The Morgan fingerprint density at radius 3 is 1.62 bits per heavy atom. The zero-order valence-electron chi connectivity index (χ0n) is 13.3. The average molecular weight is 363 g/mol. The zero-order valence-corrected chi connectivity index (χ0v) is 16.5. The molecular weight excluding hydrogens is 335 g/mol. The standard InChI is InChI=1S/2C9H13.2ClH.Ti/c2*1-2-3-6-9-7-4-5-8-9;;;/h2*4,7H,2-3,5-6H2,1H3;2*1H;. The van der Waals surface area contributed by atoms with E-state index in [4.69, 9.17) is 0 Å². The van der Waals surface area contributed by atoms with Crippen LogP contribution >= 0.6 is 24.8 Å². The minimum absolute atomic E-state index is 0. The summed E-state index contributed by atoms with van der Waals surface area (Å²) in [7, 11) is 0. The van der Waals surface area contributed by atoms with Crippen molar-refractivity contribution in [2.75, 3.05) is 0 Å². The molecule has 2 rings (SSSR count). The molecule has 0 unspecified atom stereocenters. The van der Waals surface area contributed by atoms with E-state index in [-0.39, 0.29) is 44.0 Å². The van der Waals surface area contributed by atoms with Gasteiger partial charge in [0.1, 0.15) is 0 Å². The van der Waals surface area contributed by atoms with Gasteiger partial charge in [-0.3, -0.25) is 0 Å². The molecule has 0 aromatic carbocycles. The maximum atomic E-state index is 2.41. The monoisotopic (exact) mass is 362 g/mol. The minimum atomic E-state index is -0.0137. The van der Waals surface area contributed by atoms with Gasteiger partial charge in [-0.05, 0) is 0 Å².